The number of nitrogens with zero attached hydrogens (tertiary/aromatic N) is 2. The highest BCUT2D eigenvalue weighted by molar-refractivity contribution is 5.26. The summed E-state index contributed by atoms with van der Waals surface area (Å²) in [5, 5.41) is 7.63. The molecule has 0 aliphatic rings. The van der Waals surface area contributed by atoms with E-state index in [9.17, 15) is 0 Å². The van der Waals surface area contributed by atoms with Crippen LogP contribution in [0.25, 0.3) is 0 Å². The van der Waals surface area contributed by atoms with Gasteiger partial charge in [0.2, 0.25) is 0 Å². The Bertz CT molecular complexity index is 508. The third kappa shape index (κ3) is 4.19. The first kappa shape index (κ1) is 13.8. The summed E-state index contributed by atoms with van der Waals surface area (Å²) in [7, 11) is 3.67. The van der Waals surface area contributed by atoms with Crippen molar-refractivity contribution in [3.8, 4) is 0 Å². The molecule has 102 valence electrons. The van der Waals surface area contributed by atoms with Crippen LogP contribution in [-0.2, 0) is 31.4 Å². The number of hydrogen-bond acceptors (Lipinski definition) is 3. The second-order valence-corrected chi connectivity index (χ2v) is 4.65. The van der Waals surface area contributed by atoms with E-state index in [2.05, 4.69) is 34.8 Å². The van der Waals surface area contributed by atoms with Crippen LogP contribution in [0.2, 0.25) is 0 Å². The molecule has 0 radical (unpaired) electrons. The van der Waals surface area contributed by atoms with Crippen molar-refractivity contribution in [3.63, 3.8) is 0 Å². The first-order valence-electron chi connectivity index (χ1n) is 6.53. The van der Waals surface area contributed by atoms with E-state index in [1.54, 1.807) is 7.11 Å². The van der Waals surface area contributed by atoms with Crippen LogP contribution in [0.4, 0.5) is 0 Å². The van der Waals surface area contributed by atoms with Gasteiger partial charge in [-0.25, -0.2) is 0 Å². The number of ether oxygens (including phenoxy) is 1. The van der Waals surface area contributed by atoms with Gasteiger partial charge < -0.3 is 10.1 Å². The van der Waals surface area contributed by atoms with Crippen molar-refractivity contribution >= 4 is 0 Å². The van der Waals surface area contributed by atoms with Crippen LogP contribution in [0, 0.1) is 0 Å². The largest absolute Gasteiger partial charge is 0.380 e. The Morgan fingerprint density at radius 1 is 1.26 bits per heavy atom. The second-order valence-electron chi connectivity index (χ2n) is 4.65. The minimum atomic E-state index is 0.667. The van der Waals surface area contributed by atoms with Crippen LogP contribution in [0.3, 0.4) is 0 Å². The van der Waals surface area contributed by atoms with E-state index in [0.717, 1.165) is 19.5 Å². The smallest absolute Gasteiger partial charge is 0.0716 e. The minimum Gasteiger partial charge on any atom is -0.380 e. The molecule has 4 nitrogen and oxygen atoms in total. The monoisotopic (exact) mass is 259 g/mol. The molecular weight excluding hydrogens is 238 g/mol. The molecule has 0 saturated carbocycles. The SMILES string of the molecule is COCc1ccccc1CNCCc1cnn(C)c1. The molecule has 0 saturated heterocycles. The van der Waals surface area contributed by atoms with Gasteiger partial charge in [0.05, 0.1) is 12.8 Å². The number of methoxy groups -OCH3 is 1. The highest BCUT2D eigenvalue weighted by Gasteiger charge is 2.01. The predicted octanol–water partition coefficient (Wildman–Crippen LogP) is 1.90. The lowest BCUT2D eigenvalue weighted by atomic mass is 10.1. The molecule has 1 heterocycles. The summed E-state index contributed by atoms with van der Waals surface area (Å²) < 4.78 is 7.04. The van der Waals surface area contributed by atoms with Gasteiger partial charge in [0.1, 0.15) is 0 Å². The molecule has 1 aromatic heterocycles. The average Bonchev–Trinajstić information content (AvgIpc) is 2.83. The zero-order valence-electron chi connectivity index (χ0n) is 11.6. The maximum atomic E-state index is 5.21. The van der Waals surface area contributed by atoms with Gasteiger partial charge in [-0.3, -0.25) is 4.68 Å². The number of nitrogens with one attached hydrogen (secondary N) is 1. The molecule has 4 heteroatoms. The molecule has 0 spiro atoms. The van der Waals surface area contributed by atoms with Gasteiger partial charge in [-0.2, -0.15) is 5.10 Å². The van der Waals surface area contributed by atoms with Gasteiger partial charge in [-0.15, -0.1) is 0 Å². The molecule has 0 amide bonds. The molecule has 0 atom stereocenters. The van der Waals surface area contributed by atoms with Crippen LogP contribution >= 0.6 is 0 Å². The summed E-state index contributed by atoms with van der Waals surface area (Å²) in [5.41, 5.74) is 3.81. The van der Waals surface area contributed by atoms with Crippen molar-refractivity contribution in [2.45, 2.75) is 19.6 Å². The van der Waals surface area contributed by atoms with Crippen LogP contribution in [0.15, 0.2) is 36.7 Å². The first-order valence-corrected chi connectivity index (χ1v) is 6.53. The van der Waals surface area contributed by atoms with Crippen molar-refractivity contribution in [1.29, 1.82) is 0 Å². The lowest BCUT2D eigenvalue weighted by Crippen LogP contribution is -2.17. The summed E-state index contributed by atoms with van der Waals surface area (Å²) >= 11 is 0. The number of hydrogen-bond donors (Lipinski definition) is 1. The topological polar surface area (TPSA) is 39.1 Å². The fraction of sp³-hybridized carbons (Fsp3) is 0.400. The molecule has 0 aliphatic carbocycles. The molecule has 0 bridgehead atoms. The van der Waals surface area contributed by atoms with Gasteiger partial charge in [0, 0.05) is 26.9 Å². The Morgan fingerprint density at radius 3 is 2.74 bits per heavy atom. The third-order valence-electron chi connectivity index (χ3n) is 3.08. The van der Waals surface area contributed by atoms with Crippen LogP contribution in [0.5, 0.6) is 0 Å². The van der Waals surface area contributed by atoms with Crippen molar-refractivity contribution in [3.05, 3.63) is 53.3 Å². The predicted molar refractivity (Wildman–Crippen MR) is 75.8 cm³/mol. The fourth-order valence-corrected chi connectivity index (χ4v) is 2.08. The molecule has 19 heavy (non-hydrogen) atoms. The summed E-state index contributed by atoms with van der Waals surface area (Å²) in [5.74, 6) is 0. The van der Waals surface area contributed by atoms with Crippen LogP contribution < -0.4 is 5.32 Å². The molecule has 2 rings (SSSR count). The third-order valence-corrected chi connectivity index (χ3v) is 3.08. The van der Waals surface area contributed by atoms with E-state index >= 15 is 0 Å². The number of benzene rings is 1. The van der Waals surface area contributed by atoms with E-state index in [4.69, 9.17) is 4.74 Å². The quantitative estimate of drug-likeness (QED) is 0.772. The van der Waals surface area contributed by atoms with Crippen molar-refractivity contribution in [2.24, 2.45) is 7.05 Å². The lowest BCUT2D eigenvalue weighted by Gasteiger charge is -2.09. The highest BCUT2D eigenvalue weighted by atomic mass is 16.5. The van der Waals surface area contributed by atoms with E-state index in [0.29, 0.717) is 6.61 Å². The standard InChI is InChI=1S/C15H21N3O/c1-18-11-13(9-17-18)7-8-16-10-14-5-3-4-6-15(14)12-19-2/h3-6,9,11,16H,7-8,10,12H2,1-2H3. The molecule has 1 aromatic carbocycles. The number of aryl methyl sites for hydroxylation is 1. The van der Waals surface area contributed by atoms with E-state index in [1.807, 2.05) is 24.0 Å². The summed E-state index contributed by atoms with van der Waals surface area (Å²) in [6.45, 7) is 2.49. The van der Waals surface area contributed by atoms with Crippen molar-refractivity contribution in [1.82, 2.24) is 15.1 Å². The van der Waals surface area contributed by atoms with Gasteiger partial charge >= 0.3 is 0 Å². The summed E-state index contributed by atoms with van der Waals surface area (Å²) in [6.07, 6.45) is 4.97. The fourth-order valence-electron chi connectivity index (χ4n) is 2.08. The Kier molecular flexibility index (Phi) is 5.12. The van der Waals surface area contributed by atoms with Gasteiger partial charge in [0.25, 0.3) is 0 Å². The molecular formula is C15H21N3O. The van der Waals surface area contributed by atoms with Crippen molar-refractivity contribution < 1.29 is 4.74 Å². The average molecular weight is 259 g/mol. The molecule has 0 aliphatic heterocycles. The van der Waals surface area contributed by atoms with Crippen LogP contribution in [0.1, 0.15) is 16.7 Å². The Balaban J connectivity index is 1.79. The molecule has 1 N–H and O–H groups in total. The van der Waals surface area contributed by atoms with E-state index < -0.39 is 0 Å². The van der Waals surface area contributed by atoms with Gasteiger partial charge in [-0.1, -0.05) is 24.3 Å². The van der Waals surface area contributed by atoms with Gasteiger partial charge in [-0.05, 0) is 29.7 Å². The molecule has 0 unspecified atom stereocenters. The Hall–Kier alpha value is -1.65. The summed E-state index contributed by atoms with van der Waals surface area (Å²) in [4.78, 5) is 0. The normalized spacial score (nSPS) is 10.8. The van der Waals surface area contributed by atoms with Crippen LogP contribution in [-0.4, -0.2) is 23.4 Å². The number of aromatic nitrogens is 2. The maximum Gasteiger partial charge on any atom is 0.0716 e. The maximum absolute atomic E-state index is 5.21. The zero-order valence-corrected chi connectivity index (χ0v) is 11.6. The lowest BCUT2D eigenvalue weighted by molar-refractivity contribution is 0.184. The minimum absolute atomic E-state index is 0.667. The first-order chi connectivity index (χ1) is 9.29. The molecule has 2 aromatic rings. The Labute approximate surface area is 114 Å². The molecule has 0 fully saturated rings. The number of rotatable bonds is 7. The second kappa shape index (κ2) is 7.07. The Morgan fingerprint density at radius 2 is 2.05 bits per heavy atom. The van der Waals surface area contributed by atoms with Gasteiger partial charge in [0.15, 0.2) is 0 Å². The zero-order chi connectivity index (χ0) is 13.5. The van der Waals surface area contributed by atoms with E-state index in [-0.39, 0.29) is 0 Å². The summed E-state index contributed by atoms with van der Waals surface area (Å²) in [6, 6.07) is 8.37. The van der Waals surface area contributed by atoms with Crippen molar-refractivity contribution in [2.75, 3.05) is 13.7 Å². The highest BCUT2D eigenvalue weighted by Crippen LogP contribution is 2.09. The van der Waals surface area contributed by atoms with E-state index in [1.165, 1.54) is 16.7 Å².